The molecule has 1 amide bonds. The van der Waals surface area contributed by atoms with Gasteiger partial charge in [0.05, 0.1) is 24.1 Å². The highest BCUT2D eigenvalue weighted by Gasteiger charge is 2.29. The number of hydrogen-bond acceptors (Lipinski definition) is 6. The summed E-state index contributed by atoms with van der Waals surface area (Å²) in [7, 11) is -2.86. The highest BCUT2D eigenvalue weighted by atomic mass is 32.2. The Morgan fingerprint density at radius 2 is 1.65 bits per heavy atom. The number of nitrogens with zero attached hydrogens (tertiary/aromatic N) is 2. The first-order valence-corrected chi connectivity index (χ1v) is 15.7. The summed E-state index contributed by atoms with van der Waals surface area (Å²) >= 11 is 0. The molecule has 236 valence electrons. The largest absolute Gasteiger partial charge is 0.455 e. The average molecular weight is 652 g/mol. The average Bonchev–Trinajstić information content (AvgIpc) is 3.61. The number of hydrogen-bond donors (Lipinski definition) is 1. The number of carbonyl (C=O) groups excluding carboxylic acids is 1. The van der Waals surface area contributed by atoms with Gasteiger partial charge < -0.3 is 14.2 Å². The quantitative estimate of drug-likeness (QED) is 0.170. The van der Waals surface area contributed by atoms with Crippen LogP contribution in [-0.4, -0.2) is 45.6 Å². The third-order valence-electron chi connectivity index (χ3n) is 7.34. The Labute approximate surface area is 260 Å². The number of furan rings is 1. The van der Waals surface area contributed by atoms with E-state index in [1.807, 2.05) is 0 Å². The zero-order valence-corrected chi connectivity index (χ0v) is 25.4. The van der Waals surface area contributed by atoms with Crippen molar-refractivity contribution in [3.05, 3.63) is 95.6 Å². The maximum atomic E-state index is 14.4. The van der Waals surface area contributed by atoms with Gasteiger partial charge in [-0.1, -0.05) is 12.1 Å². The first-order valence-electron chi connectivity index (χ1n) is 13.9. The van der Waals surface area contributed by atoms with E-state index >= 15 is 0 Å². The summed E-state index contributed by atoms with van der Waals surface area (Å²) in [6.45, 7) is 0.594. The molecule has 0 aliphatic rings. The molecule has 2 heterocycles. The molecule has 4 aromatic carbocycles. The molecule has 13 heteroatoms. The molecule has 0 unspecified atom stereocenters. The minimum Gasteiger partial charge on any atom is -0.455 e. The number of carbonyl (C=O) groups is 1. The number of aromatic nitrogens is 1. The Balaban J connectivity index is 1.66. The van der Waals surface area contributed by atoms with Crippen LogP contribution in [0.15, 0.2) is 81.6 Å². The van der Waals surface area contributed by atoms with E-state index in [0.717, 1.165) is 6.26 Å². The van der Waals surface area contributed by atoms with Crippen molar-refractivity contribution < 1.29 is 39.6 Å². The fourth-order valence-electron chi connectivity index (χ4n) is 5.36. The van der Waals surface area contributed by atoms with Crippen molar-refractivity contribution in [1.82, 2.24) is 10.3 Å². The number of fused-ring (bicyclic) bond motifs is 2. The Bertz CT molecular complexity index is 2250. The number of oxazole rings is 1. The number of alkyl halides is 2. The predicted molar refractivity (Wildman–Crippen MR) is 166 cm³/mol. The van der Waals surface area contributed by atoms with Crippen LogP contribution < -0.4 is 9.62 Å². The Morgan fingerprint density at radius 1 is 0.935 bits per heavy atom. The molecule has 2 aromatic heterocycles. The van der Waals surface area contributed by atoms with E-state index in [9.17, 15) is 30.8 Å². The molecule has 0 bridgehead atoms. The Morgan fingerprint density at radius 3 is 2.30 bits per heavy atom. The van der Waals surface area contributed by atoms with Crippen molar-refractivity contribution in [2.24, 2.45) is 0 Å². The van der Waals surface area contributed by atoms with Crippen LogP contribution in [0.5, 0.6) is 0 Å². The molecule has 0 radical (unpaired) electrons. The van der Waals surface area contributed by atoms with E-state index in [-0.39, 0.29) is 50.5 Å². The van der Waals surface area contributed by atoms with Crippen molar-refractivity contribution in [2.75, 3.05) is 24.2 Å². The second kappa shape index (κ2) is 11.6. The lowest BCUT2D eigenvalue weighted by atomic mass is 9.95. The van der Waals surface area contributed by atoms with Gasteiger partial charge in [-0.2, -0.15) is 0 Å². The van der Waals surface area contributed by atoms with Crippen LogP contribution in [0.3, 0.4) is 0 Å². The Hall–Kier alpha value is -5.17. The van der Waals surface area contributed by atoms with Crippen LogP contribution in [-0.2, 0) is 10.0 Å². The van der Waals surface area contributed by atoms with Gasteiger partial charge in [0.2, 0.25) is 15.9 Å². The molecule has 6 aromatic rings. The Kier molecular flexibility index (Phi) is 7.80. The lowest BCUT2D eigenvalue weighted by Crippen LogP contribution is -2.34. The molecule has 1 N–H and O–H groups in total. The zero-order chi connectivity index (χ0) is 32.9. The molecule has 0 atom stereocenters. The van der Waals surface area contributed by atoms with E-state index in [4.69, 9.17) is 8.83 Å². The molecular weight excluding hydrogens is 626 g/mol. The highest BCUT2D eigenvalue weighted by molar-refractivity contribution is 7.92. The van der Waals surface area contributed by atoms with Gasteiger partial charge in [-0.25, -0.2) is 31.0 Å². The maximum Gasteiger partial charge on any atom is 0.257 e. The van der Waals surface area contributed by atoms with Gasteiger partial charge in [-0.05, 0) is 72.6 Å². The number of para-hydroxylation sites is 1. The van der Waals surface area contributed by atoms with Crippen LogP contribution in [0, 0.1) is 18.6 Å². The normalized spacial score (nSPS) is 11.9. The molecule has 0 aliphatic heterocycles. The second-order valence-corrected chi connectivity index (χ2v) is 12.5. The van der Waals surface area contributed by atoms with Crippen molar-refractivity contribution in [2.45, 2.75) is 13.3 Å². The van der Waals surface area contributed by atoms with Crippen LogP contribution in [0.1, 0.15) is 15.9 Å². The van der Waals surface area contributed by atoms with E-state index in [1.165, 1.54) is 55.6 Å². The molecule has 46 heavy (non-hydrogen) atoms. The second-order valence-electron chi connectivity index (χ2n) is 10.6. The third-order valence-corrected chi connectivity index (χ3v) is 8.49. The molecule has 6 rings (SSSR count). The molecular formula is C33H25F4N3O5S. The van der Waals surface area contributed by atoms with Gasteiger partial charge in [0.1, 0.15) is 22.7 Å². The fourth-order valence-corrected chi connectivity index (χ4v) is 6.25. The summed E-state index contributed by atoms with van der Waals surface area (Å²) in [5.41, 5.74) is 2.14. The van der Waals surface area contributed by atoms with Crippen molar-refractivity contribution >= 4 is 43.7 Å². The van der Waals surface area contributed by atoms with E-state index in [0.29, 0.717) is 26.6 Å². The lowest BCUT2D eigenvalue weighted by molar-refractivity contribution is 0.0964. The van der Waals surface area contributed by atoms with E-state index in [2.05, 4.69) is 10.3 Å². The van der Waals surface area contributed by atoms with Crippen LogP contribution in [0.4, 0.5) is 23.2 Å². The van der Waals surface area contributed by atoms with Gasteiger partial charge in [-0.15, -0.1) is 0 Å². The molecule has 0 spiro atoms. The predicted octanol–water partition coefficient (Wildman–Crippen LogP) is 7.55. The summed E-state index contributed by atoms with van der Waals surface area (Å²) in [4.78, 5) is 17.5. The minimum absolute atomic E-state index is 0.0183. The molecule has 0 saturated heterocycles. The molecule has 0 fully saturated rings. The van der Waals surface area contributed by atoms with Gasteiger partial charge >= 0.3 is 0 Å². The summed E-state index contributed by atoms with van der Waals surface area (Å²) < 4.78 is 94.2. The standard InChI is InChI=1S/C33H25F4N3O5S/c1-17-11-19(13-20(12-17)33-39-30-24(35)5-4-6-26(30)45-33)22-14-23-27(15-25(22)40(16-28(36)37)46(3,42)43)44-31(29(23)32(41)38-2)18-7-9-21(34)10-8-18/h4-15,28H,16H2,1-3H3,(H,38,41). The lowest BCUT2D eigenvalue weighted by Gasteiger charge is -2.25. The maximum absolute atomic E-state index is 14.4. The van der Waals surface area contributed by atoms with Crippen LogP contribution in [0.25, 0.3) is 56.0 Å². The first-order chi connectivity index (χ1) is 21.8. The number of amides is 1. The molecule has 8 nitrogen and oxygen atoms in total. The number of rotatable bonds is 8. The van der Waals surface area contributed by atoms with Gasteiger partial charge in [0, 0.05) is 35.2 Å². The fraction of sp³-hybridized carbons (Fsp3) is 0.152. The van der Waals surface area contributed by atoms with Crippen molar-refractivity contribution in [1.29, 1.82) is 0 Å². The van der Waals surface area contributed by atoms with Crippen molar-refractivity contribution in [3.63, 3.8) is 0 Å². The summed E-state index contributed by atoms with van der Waals surface area (Å²) in [5.74, 6) is -1.51. The number of aryl methyl sites for hydroxylation is 1. The number of benzene rings is 4. The van der Waals surface area contributed by atoms with Gasteiger partial charge in [0.15, 0.2) is 11.4 Å². The first kappa shape index (κ1) is 30.8. The van der Waals surface area contributed by atoms with Crippen LogP contribution in [0.2, 0.25) is 0 Å². The van der Waals surface area contributed by atoms with E-state index in [1.54, 1.807) is 31.2 Å². The number of halogens is 4. The molecule has 0 saturated carbocycles. The van der Waals surface area contributed by atoms with Gasteiger partial charge in [-0.3, -0.25) is 9.10 Å². The SMILES string of the molecule is CNC(=O)c1c(-c2ccc(F)cc2)oc2cc(N(CC(F)F)S(C)(=O)=O)c(-c3cc(C)cc(-c4nc5c(F)cccc5o4)c3)cc12. The topological polar surface area (TPSA) is 106 Å². The minimum atomic E-state index is -4.27. The summed E-state index contributed by atoms with van der Waals surface area (Å²) in [6.07, 6.45) is -2.23. The third kappa shape index (κ3) is 5.69. The van der Waals surface area contributed by atoms with Gasteiger partial charge in [0.25, 0.3) is 12.3 Å². The van der Waals surface area contributed by atoms with Crippen molar-refractivity contribution in [3.8, 4) is 33.9 Å². The number of nitrogens with one attached hydrogen (secondary N) is 1. The summed E-state index contributed by atoms with van der Waals surface area (Å²) in [5, 5.41) is 2.80. The van der Waals surface area contributed by atoms with Crippen LogP contribution >= 0.6 is 0 Å². The zero-order valence-electron chi connectivity index (χ0n) is 24.6. The number of sulfonamides is 1. The van der Waals surface area contributed by atoms with E-state index < -0.39 is 40.5 Å². The number of anilines is 1. The summed E-state index contributed by atoms with van der Waals surface area (Å²) in [6, 6.07) is 17.3. The molecule has 0 aliphatic carbocycles. The highest BCUT2D eigenvalue weighted by Crippen LogP contribution is 2.43. The smallest absolute Gasteiger partial charge is 0.257 e. The monoisotopic (exact) mass is 651 g/mol.